The lowest BCUT2D eigenvalue weighted by Crippen LogP contribution is -2.11. The Labute approximate surface area is 160 Å². The van der Waals surface area contributed by atoms with Crippen molar-refractivity contribution < 1.29 is 0 Å². The van der Waals surface area contributed by atoms with E-state index in [1.165, 1.54) is 11.1 Å². The molecule has 25 heavy (non-hydrogen) atoms. The standard InChI is InChI=1S/C17H16ClN5S2/c18-15-20-16(19)22-17(21-15)23(24-11-13-7-3-1-4-8-13)25-12-14-9-5-2-6-10-14/h1-10H,11-12H2,(H2,19,20,21,22). The summed E-state index contributed by atoms with van der Waals surface area (Å²) in [6, 6.07) is 20.4. The molecule has 2 N–H and O–H groups in total. The van der Waals surface area contributed by atoms with Crippen LogP contribution < -0.4 is 9.44 Å². The summed E-state index contributed by atoms with van der Waals surface area (Å²) in [7, 11) is 0. The van der Waals surface area contributed by atoms with Crippen LogP contribution in [0.2, 0.25) is 5.28 Å². The Morgan fingerprint density at radius 1 is 0.800 bits per heavy atom. The SMILES string of the molecule is Nc1nc(Cl)nc(N(SCc2ccccc2)SCc2ccccc2)n1. The smallest absolute Gasteiger partial charge is 0.252 e. The van der Waals surface area contributed by atoms with E-state index in [1.54, 1.807) is 23.9 Å². The van der Waals surface area contributed by atoms with Crippen LogP contribution >= 0.6 is 35.5 Å². The number of rotatable bonds is 7. The van der Waals surface area contributed by atoms with Gasteiger partial charge in [0.05, 0.1) is 0 Å². The first-order valence-electron chi connectivity index (χ1n) is 7.51. The molecular formula is C17H16ClN5S2. The summed E-state index contributed by atoms with van der Waals surface area (Å²) in [6.45, 7) is 0. The molecule has 0 radical (unpaired) electrons. The van der Waals surface area contributed by atoms with Crippen molar-refractivity contribution in [3.05, 3.63) is 77.1 Å². The molecule has 3 aromatic rings. The molecule has 0 unspecified atom stereocenters. The molecule has 2 aromatic carbocycles. The molecule has 0 aliphatic rings. The average molecular weight is 390 g/mol. The molecule has 0 saturated carbocycles. The number of nitrogens with zero attached hydrogens (tertiary/aromatic N) is 4. The summed E-state index contributed by atoms with van der Waals surface area (Å²) in [5.74, 6) is 2.12. The van der Waals surface area contributed by atoms with E-state index >= 15 is 0 Å². The Morgan fingerprint density at radius 3 is 1.80 bits per heavy atom. The molecule has 0 saturated heterocycles. The third-order valence-corrected chi connectivity index (χ3v) is 5.68. The lowest BCUT2D eigenvalue weighted by Gasteiger charge is -2.20. The first kappa shape index (κ1) is 17.8. The maximum absolute atomic E-state index is 5.94. The molecule has 0 amide bonds. The van der Waals surface area contributed by atoms with Crippen molar-refractivity contribution >= 4 is 47.4 Å². The Morgan fingerprint density at radius 2 is 1.32 bits per heavy atom. The Bertz CT molecular complexity index is 741. The molecular weight excluding hydrogens is 374 g/mol. The highest BCUT2D eigenvalue weighted by Crippen LogP contribution is 2.32. The normalized spacial score (nSPS) is 10.6. The van der Waals surface area contributed by atoms with E-state index < -0.39 is 0 Å². The van der Waals surface area contributed by atoms with Gasteiger partial charge in [0.15, 0.2) is 0 Å². The molecule has 3 rings (SSSR count). The number of nitrogens with two attached hydrogens (primary N) is 1. The van der Waals surface area contributed by atoms with Gasteiger partial charge in [0.1, 0.15) is 0 Å². The molecule has 0 aliphatic carbocycles. The molecule has 0 bridgehead atoms. The predicted molar refractivity (Wildman–Crippen MR) is 107 cm³/mol. The van der Waals surface area contributed by atoms with E-state index in [-0.39, 0.29) is 11.2 Å². The number of benzene rings is 2. The molecule has 0 fully saturated rings. The number of nitrogen functional groups attached to an aromatic ring is 1. The van der Waals surface area contributed by atoms with Crippen LogP contribution in [0.4, 0.5) is 11.9 Å². The molecule has 1 aromatic heterocycles. The summed E-state index contributed by atoms with van der Waals surface area (Å²) in [4.78, 5) is 12.2. The van der Waals surface area contributed by atoms with Crippen molar-refractivity contribution in [2.45, 2.75) is 11.5 Å². The van der Waals surface area contributed by atoms with Crippen LogP contribution in [-0.2, 0) is 11.5 Å². The molecule has 0 atom stereocenters. The summed E-state index contributed by atoms with van der Waals surface area (Å²) in [5.41, 5.74) is 8.15. The Hall–Kier alpha value is -1.96. The van der Waals surface area contributed by atoms with E-state index in [2.05, 4.69) is 39.2 Å². The minimum atomic E-state index is 0.0909. The van der Waals surface area contributed by atoms with E-state index in [1.807, 2.05) is 40.1 Å². The van der Waals surface area contributed by atoms with Crippen LogP contribution in [0, 0.1) is 0 Å². The first-order chi connectivity index (χ1) is 12.2. The number of halogens is 1. The summed E-state index contributed by atoms with van der Waals surface area (Å²) >= 11 is 9.13. The number of hydrogen-bond acceptors (Lipinski definition) is 7. The fraction of sp³-hybridized carbons (Fsp3) is 0.118. The van der Waals surface area contributed by atoms with E-state index in [9.17, 15) is 0 Å². The Balaban J connectivity index is 1.75. The number of aromatic nitrogens is 3. The van der Waals surface area contributed by atoms with Gasteiger partial charge in [-0.2, -0.15) is 15.0 Å². The van der Waals surface area contributed by atoms with Gasteiger partial charge in [0.25, 0.3) is 5.95 Å². The highest BCUT2D eigenvalue weighted by Gasteiger charge is 2.15. The summed E-state index contributed by atoms with van der Waals surface area (Å²) in [6.07, 6.45) is 0. The lowest BCUT2D eigenvalue weighted by molar-refractivity contribution is 1.06. The first-order valence-corrected chi connectivity index (χ1v) is 9.78. The quantitative estimate of drug-likeness (QED) is 0.591. The molecule has 5 nitrogen and oxygen atoms in total. The monoisotopic (exact) mass is 389 g/mol. The number of hydrogen-bond donors (Lipinski definition) is 1. The van der Waals surface area contributed by atoms with E-state index in [0.29, 0.717) is 5.95 Å². The average Bonchev–Trinajstić information content (AvgIpc) is 2.62. The number of anilines is 2. The second-order valence-corrected chi connectivity index (χ2v) is 7.43. The highest BCUT2D eigenvalue weighted by molar-refractivity contribution is 8.17. The van der Waals surface area contributed by atoms with Crippen LogP contribution in [0.25, 0.3) is 0 Å². The second kappa shape index (κ2) is 8.94. The maximum Gasteiger partial charge on any atom is 0.252 e. The largest absolute Gasteiger partial charge is 0.368 e. The topological polar surface area (TPSA) is 67.9 Å². The maximum atomic E-state index is 5.94. The zero-order valence-electron chi connectivity index (χ0n) is 13.2. The molecule has 8 heteroatoms. The van der Waals surface area contributed by atoms with Crippen LogP contribution in [0.5, 0.6) is 0 Å². The van der Waals surface area contributed by atoms with Gasteiger partial charge in [0.2, 0.25) is 11.2 Å². The van der Waals surface area contributed by atoms with Crippen LogP contribution in [0.3, 0.4) is 0 Å². The van der Waals surface area contributed by atoms with Crippen molar-refractivity contribution in [3.8, 4) is 0 Å². The van der Waals surface area contributed by atoms with Gasteiger partial charge < -0.3 is 5.73 Å². The minimum absolute atomic E-state index is 0.0909. The van der Waals surface area contributed by atoms with Gasteiger partial charge in [-0.05, 0) is 46.6 Å². The summed E-state index contributed by atoms with van der Waals surface area (Å²) < 4.78 is 1.93. The third-order valence-electron chi connectivity index (χ3n) is 3.16. The Kier molecular flexibility index (Phi) is 6.38. The van der Waals surface area contributed by atoms with Crippen molar-refractivity contribution in [2.24, 2.45) is 0 Å². The van der Waals surface area contributed by atoms with Crippen LogP contribution in [0.15, 0.2) is 60.7 Å². The van der Waals surface area contributed by atoms with Gasteiger partial charge in [0, 0.05) is 11.5 Å². The fourth-order valence-corrected chi connectivity index (χ4v) is 4.09. The van der Waals surface area contributed by atoms with Crippen molar-refractivity contribution in [1.29, 1.82) is 0 Å². The van der Waals surface area contributed by atoms with Gasteiger partial charge >= 0.3 is 0 Å². The van der Waals surface area contributed by atoms with Crippen molar-refractivity contribution in [2.75, 3.05) is 9.44 Å². The third kappa shape index (κ3) is 5.52. The van der Waals surface area contributed by atoms with Crippen LogP contribution in [0.1, 0.15) is 11.1 Å². The van der Waals surface area contributed by atoms with Crippen LogP contribution in [-0.4, -0.2) is 15.0 Å². The van der Waals surface area contributed by atoms with Gasteiger partial charge in [-0.1, -0.05) is 60.7 Å². The zero-order valence-corrected chi connectivity index (χ0v) is 15.6. The fourth-order valence-electron chi connectivity index (χ4n) is 2.00. The van der Waals surface area contributed by atoms with Gasteiger partial charge in [-0.25, -0.2) is 3.71 Å². The molecule has 0 aliphatic heterocycles. The highest BCUT2D eigenvalue weighted by atomic mass is 35.5. The molecule has 0 spiro atoms. The van der Waals surface area contributed by atoms with Gasteiger partial charge in [-0.3, -0.25) is 0 Å². The molecule has 1 heterocycles. The summed E-state index contributed by atoms with van der Waals surface area (Å²) in [5, 5.41) is 0.0909. The van der Waals surface area contributed by atoms with Gasteiger partial charge in [-0.15, -0.1) is 0 Å². The minimum Gasteiger partial charge on any atom is -0.368 e. The molecule has 128 valence electrons. The second-order valence-electron chi connectivity index (χ2n) is 5.04. The predicted octanol–water partition coefficient (Wildman–Crippen LogP) is 4.61. The van der Waals surface area contributed by atoms with E-state index in [4.69, 9.17) is 17.3 Å². The lowest BCUT2D eigenvalue weighted by atomic mass is 10.2. The van der Waals surface area contributed by atoms with Crippen molar-refractivity contribution in [1.82, 2.24) is 15.0 Å². The van der Waals surface area contributed by atoms with E-state index in [0.717, 1.165) is 11.5 Å². The zero-order chi connectivity index (χ0) is 17.5. The van der Waals surface area contributed by atoms with Crippen molar-refractivity contribution in [3.63, 3.8) is 0 Å².